The van der Waals surface area contributed by atoms with Crippen LogP contribution in [0.15, 0.2) is 50.2 Å². The van der Waals surface area contributed by atoms with Crippen molar-refractivity contribution in [3.05, 3.63) is 42.1 Å². The summed E-state index contributed by atoms with van der Waals surface area (Å²) >= 11 is 2.38. The van der Waals surface area contributed by atoms with Gasteiger partial charge in [-0.15, -0.1) is 5.10 Å². The second-order valence-corrected chi connectivity index (χ2v) is 9.23. The highest BCUT2D eigenvalue weighted by Crippen LogP contribution is 2.31. The highest BCUT2D eigenvalue weighted by atomic mass is 32.2. The molecule has 120 valence electrons. The van der Waals surface area contributed by atoms with E-state index >= 15 is 0 Å². The number of hydrogen-bond acceptors (Lipinski definition) is 8. The molecule has 0 radical (unpaired) electrons. The van der Waals surface area contributed by atoms with Crippen LogP contribution < -0.4 is 0 Å². The fourth-order valence-corrected chi connectivity index (χ4v) is 4.69. The van der Waals surface area contributed by atoms with Crippen LogP contribution >= 0.6 is 23.1 Å². The second kappa shape index (κ2) is 6.77. The molecule has 0 bridgehead atoms. The van der Waals surface area contributed by atoms with Gasteiger partial charge in [0.15, 0.2) is 14.2 Å². The SMILES string of the molecule is CS(=O)(=O)c1cnc(Sc2nnnn2CCc2ccccc2)s1. The predicted octanol–water partition coefficient (Wildman–Crippen LogP) is 1.93. The first-order chi connectivity index (χ1) is 11.0. The zero-order valence-corrected chi connectivity index (χ0v) is 14.6. The van der Waals surface area contributed by atoms with E-state index in [1.807, 2.05) is 18.2 Å². The highest BCUT2D eigenvalue weighted by molar-refractivity contribution is 8.01. The first kappa shape index (κ1) is 16.1. The molecule has 0 unspecified atom stereocenters. The lowest BCUT2D eigenvalue weighted by molar-refractivity contribution is 0.548. The number of rotatable bonds is 6. The first-order valence-corrected chi connectivity index (χ1v) is 10.2. The molecule has 2 heterocycles. The van der Waals surface area contributed by atoms with Gasteiger partial charge in [-0.25, -0.2) is 18.1 Å². The van der Waals surface area contributed by atoms with Crippen LogP contribution in [0.4, 0.5) is 0 Å². The smallest absolute Gasteiger partial charge is 0.216 e. The molecule has 0 spiro atoms. The molecule has 10 heteroatoms. The summed E-state index contributed by atoms with van der Waals surface area (Å²) in [6, 6.07) is 10.1. The number of aryl methyl sites for hydroxylation is 2. The van der Waals surface area contributed by atoms with Crippen LogP contribution in [0.25, 0.3) is 0 Å². The number of sulfone groups is 1. The Hall–Kier alpha value is -1.78. The van der Waals surface area contributed by atoms with Gasteiger partial charge in [0.2, 0.25) is 5.16 Å². The zero-order chi connectivity index (χ0) is 16.3. The van der Waals surface area contributed by atoms with Crippen LogP contribution in [0, 0.1) is 0 Å². The summed E-state index contributed by atoms with van der Waals surface area (Å²) in [5.74, 6) is 0. The van der Waals surface area contributed by atoms with Gasteiger partial charge in [0.25, 0.3) is 0 Å². The monoisotopic (exact) mass is 367 g/mol. The van der Waals surface area contributed by atoms with Crippen LogP contribution in [-0.2, 0) is 22.8 Å². The molecule has 0 amide bonds. The lowest BCUT2D eigenvalue weighted by Crippen LogP contribution is -2.05. The molecule has 7 nitrogen and oxygen atoms in total. The minimum absolute atomic E-state index is 0.239. The van der Waals surface area contributed by atoms with Crippen molar-refractivity contribution in [3.63, 3.8) is 0 Å². The van der Waals surface area contributed by atoms with Gasteiger partial charge in [0.05, 0.1) is 6.20 Å². The van der Waals surface area contributed by atoms with Crippen molar-refractivity contribution < 1.29 is 8.42 Å². The second-order valence-electron chi connectivity index (χ2n) is 4.74. The van der Waals surface area contributed by atoms with E-state index in [1.54, 1.807) is 4.68 Å². The van der Waals surface area contributed by atoms with E-state index in [0.29, 0.717) is 16.0 Å². The molecule has 0 aliphatic rings. The van der Waals surface area contributed by atoms with Gasteiger partial charge in [-0.05, 0) is 34.2 Å². The van der Waals surface area contributed by atoms with Gasteiger partial charge in [-0.2, -0.15) is 0 Å². The molecule has 0 N–H and O–H groups in total. The van der Waals surface area contributed by atoms with Crippen LogP contribution in [0.5, 0.6) is 0 Å². The average molecular weight is 367 g/mol. The van der Waals surface area contributed by atoms with E-state index in [9.17, 15) is 8.42 Å². The highest BCUT2D eigenvalue weighted by Gasteiger charge is 2.15. The standard InChI is InChI=1S/C13H13N5O2S3/c1-23(19,20)11-9-14-13(21-11)22-12-15-16-17-18(12)8-7-10-5-3-2-4-6-10/h2-6,9H,7-8H2,1H3. The molecule has 0 fully saturated rings. The Kier molecular flexibility index (Phi) is 4.74. The van der Waals surface area contributed by atoms with Crippen molar-refractivity contribution in [1.29, 1.82) is 0 Å². The number of tetrazole rings is 1. The van der Waals surface area contributed by atoms with E-state index < -0.39 is 9.84 Å². The molecule has 23 heavy (non-hydrogen) atoms. The maximum Gasteiger partial charge on any atom is 0.216 e. The third-order valence-corrected chi connectivity index (χ3v) is 6.80. The summed E-state index contributed by atoms with van der Waals surface area (Å²) in [6.07, 6.45) is 3.34. The molecule has 0 aliphatic carbocycles. The summed E-state index contributed by atoms with van der Waals surface area (Å²) in [6.45, 7) is 0.643. The Morgan fingerprint density at radius 1 is 1.26 bits per heavy atom. The van der Waals surface area contributed by atoms with E-state index in [-0.39, 0.29) is 4.21 Å². The summed E-state index contributed by atoms with van der Waals surface area (Å²) in [4.78, 5) is 4.11. The van der Waals surface area contributed by atoms with E-state index in [2.05, 4.69) is 32.6 Å². The Balaban J connectivity index is 1.70. The van der Waals surface area contributed by atoms with Crippen LogP contribution in [0.1, 0.15) is 5.56 Å². The molecular weight excluding hydrogens is 354 g/mol. The summed E-state index contributed by atoms with van der Waals surface area (Å²) in [7, 11) is -3.23. The molecule has 0 aliphatic heterocycles. The van der Waals surface area contributed by atoms with Gasteiger partial charge in [0.1, 0.15) is 4.21 Å². The van der Waals surface area contributed by atoms with Gasteiger partial charge in [-0.1, -0.05) is 41.7 Å². The Bertz CT molecular complexity index is 889. The maximum atomic E-state index is 11.5. The summed E-state index contributed by atoms with van der Waals surface area (Å²) in [5.41, 5.74) is 1.20. The largest absolute Gasteiger partial charge is 0.236 e. The predicted molar refractivity (Wildman–Crippen MR) is 87.3 cm³/mol. The quantitative estimate of drug-likeness (QED) is 0.657. The molecular formula is C13H13N5O2S3. The normalized spacial score (nSPS) is 11.7. The van der Waals surface area contributed by atoms with E-state index in [1.165, 1.54) is 29.8 Å². The fraction of sp³-hybridized carbons (Fsp3) is 0.231. The average Bonchev–Trinajstić information content (AvgIpc) is 3.16. The Labute approximate surface area is 141 Å². The first-order valence-electron chi connectivity index (χ1n) is 6.66. The van der Waals surface area contributed by atoms with Crippen molar-refractivity contribution in [2.75, 3.05) is 6.26 Å². The van der Waals surface area contributed by atoms with E-state index in [4.69, 9.17) is 0 Å². The van der Waals surface area contributed by atoms with E-state index in [0.717, 1.165) is 17.8 Å². The molecule has 3 rings (SSSR count). The third-order valence-electron chi connectivity index (χ3n) is 2.96. The number of benzene rings is 1. The third kappa shape index (κ3) is 4.15. The minimum atomic E-state index is -3.23. The fourth-order valence-electron chi connectivity index (χ4n) is 1.83. The minimum Gasteiger partial charge on any atom is -0.236 e. The van der Waals surface area contributed by atoms with Gasteiger partial charge >= 0.3 is 0 Å². The van der Waals surface area contributed by atoms with Crippen molar-refractivity contribution >= 4 is 32.9 Å². The van der Waals surface area contributed by atoms with Crippen LogP contribution in [0.2, 0.25) is 0 Å². The van der Waals surface area contributed by atoms with Crippen molar-refractivity contribution in [2.45, 2.75) is 26.7 Å². The van der Waals surface area contributed by atoms with Crippen molar-refractivity contribution in [3.8, 4) is 0 Å². The van der Waals surface area contributed by atoms with Crippen molar-refractivity contribution in [1.82, 2.24) is 25.2 Å². The zero-order valence-electron chi connectivity index (χ0n) is 12.2. The summed E-state index contributed by atoms with van der Waals surface area (Å²) in [5, 5.41) is 12.2. The Morgan fingerprint density at radius 3 is 2.74 bits per heavy atom. The number of hydrogen-bond donors (Lipinski definition) is 0. The maximum absolute atomic E-state index is 11.5. The molecule has 0 saturated carbocycles. The van der Waals surface area contributed by atoms with Gasteiger partial charge < -0.3 is 0 Å². The number of thiazole rings is 1. The van der Waals surface area contributed by atoms with Gasteiger partial charge in [0, 0.05) is 12.8 Å². The van der Waals surface area contributed by atoms with Crippen molar-refractivity contribution in [2.24, 2.45) is 0 Å². The molecule has 1 aromatic carbocycles. The lowest BCUT2D eigenvalue weighted by Gasteiger charge is -2.03. The summed E-state index contributed by atoms with van der Waals surface area (Å²) < 4.78 is 25.5. The lowest BCUT2D eigenvalue weighted by atomic mass is 10.2. The molecule has 2 aromatic heterocycles. The molecule has 3 aromatic rings. The van der Waals surface area contributed by atoms with Crippen LogP contribution in [-0.4, -0.2) is 39.9 Å². The number of nitrogens with zero attached hydrogens (tertiary/aromatic N) is 5. The Morgan fingerprint density at radius 2 is 2.04 bits per heavy atom. The van der Waals surface area contributed by atoms with Gasteiger partial charge in [-0.3, -0.25) is 0 Å². The van der Waals surface area contributed by atoms with Crippen LogP contribution in [0.3, 0.4) is 0 Å². The topological polar surface area (TPSA) is 90.6 Å². The number of aromatic nitrogens is 5. The molecule has 0 atom stereocenters. The molecule has 0 saturated heterocycles.